The topological polar surface area (TPSA) is 44.0 Å². The van der Waals surface area contributed by atoms with Crippen molar-refractivity contribution in [3.05, 3.63) is 71.3 Å². The Labute approximate surface area is 112 Å². The summed E-state index contributed by atoms with van der Waals surface area (Å²) in [4.78, 5) is 0. The van der Waals surface area contributed by atoms with Gasteiger partial charge in [-0.05, 0) is 29.5 Å². The number of nitrogens with zero attached hydrogens (tertiary/aromatic N) is 1. The molecule has 1 atom stereocenters. The van der Waals surface area contributed by atoms with E-state index in [1.165, 1.54) is 11.1 Å². The van der Waals surface area contributed by atoms with E-state index < -0.39 is 11.5 Å². The van der Waals surface area contributed by atoms with Crippen molar-refractivity contribution >= 4 is 0 Å². The summed E-state index contributed by atoms with van der Waals surface area (Å²) in [6.45, 7) is 0. The fourth-order valence-electron chi connectivity index (χ4n) is 2.93. The molecule has 19 heavy (non-hydrogen) atoms. The first-order valence-corrected chi connectivity index (χ1v) is 6.46. The van der Waals surface area contributed by atoms with Gasteiger partial charge in [0.15, 0.2) is 0 Å². The van der Waals surface area contributed by atoms with Gasteiger partial charge in [-0.1, -0.05) is 54.6 Å². The summed E-state index contributed by atoms with van der Waals surface area (Å²) in [7, 11) is 0. The minimum atomic E-state index is -0.744. The van der Waals surface area contributed by atoms with Crippen LogP contribution in [0.2, 0.25) is 0 Å². The van der Waals surface area contributed by atoms with E-state index in [1.54, 1.807) is 0 Å². The predicted molar refractivity (Wildman–Crippen MR) is 73.3 cm³/mol. The second-order valence-corrected chi connectivity index (χ2v) is 5.20. The van der Waals surface area contributed by atoms with E-state index in [0.29, 0.717) is 12.8 Å². The molecule has 0 amide bonds. The average molecular weight is 249 g/mol. The van der Waals surface area contributed by atoms with E-state index in [2.05, 4.69) is 6.07 Å². The lowest BCUT2D eigenvalue weighted by atomic mass is 9.77. The maximum atomic E-state index is 10.6. The van der Waals surface area contributed by atoms with Crippen LogP contribution in [0.25, 0.3) is 0 Å². The minimum absolute atomic E-state index is 0.621. The Morgan fingerprint density at radius 1 is 0.947 bits per heavy atom. The molecule has 0 aromatic heterocycles. The summed E-state index contributed by atoms with van der Waals surface area (Å²) < 4.78 is 0. The molecule has 0 bridgehead atoms. The molecular formula is C17H15NO. The highest BCUT2D eigenvalue weighted by molar-refractivity contribution is 5.39. The van der Waals surface area contributed by atoms with Crippen LogP contribution in [0.3, 0.4) is 0 Å². The Kier molecular flexibility index (Phi) is 2.85. The van der Waals surface area contributed by atoms with Gasteiger partial charge in [-0.15, -0.1) is 0 Å². The first kappa shape index (κ1) is 12.0. The SMILES string of the molecule is N#CC1(C(O)c2ccccc2)Cc2ccccc2C1. The number of benzene rings is 2. The van der Waals surface area contributed by atoms with Crippen molar-refractivity contribution < 1.29 is 5.11 Å². The standard InChI is InChI=1S/C17H15NO/c18-12-17(16(19)13-6-2-1-3-7-13)10-14-8-4-5-9-15(14)11-17/h1-9,16,19H,10-11H2. The quantitative estimate of drug-likeness (QED) is 0.889. The summed E-state index contributed by atoms with van der Waals surface area (Å²) in [5.41, 5.74) is 2.44. The van der Waals surface area contributed by atoms with Crippen LogP contribution >= 0.6 is 0 Å². The molecule has 2 aromatic carbocycles. The van der Waals surface area contributed by atoms with E-state index in [-0.39, 0.29) is 0 Å². The molecule has 0 radical (unpaired) electrons. The maximum Gasteiger partial charge on any atom is 0.0982 e. The molecule has 0 saturated heterocycles. The molecular weight excluding hydrogens is 234 g/mol. The van der Waals surface area contributed by atoms with Crippen LogP contribution in [0.15, 0.2) is 54.6 Å². The Morgan fingerprint density at radius 2 is 1.47 bits per heavy atom. The van der Waals surface area contributed by atoms with E-state index in [9.17, 15) is 10.4 Å². The smallest absolute Gasteiger partial charge is 0.0982 e. The molecule has 2 nitrogen and oxygen atoms in total. The third-order valence-corrected chi connectivity index (χ3v) is 3.99. The van der Waals surface area contributed by atoms with E-state index >= 15 is 0 Å². The fourth-order valence-corrected chi connectivity index (χ4v) is 2.93. The maximum absolute atomic E-state index is 10.6. The number of rotatable bonds is 2. The molecule has 0 spiro atoms. The second-order valence-electron chi connectivity index (χ2n) is 5.20. The molecule has 1 aliphatic carbocycles. The number of hydrogen-bond donors (Lipinski definition) is 1. The predicted octanol–water partition coefficient (Wildman–Crippen LogP) is 3.03. The number of fused-ring (bicyclic) bond motifs is 1. The van der Waals surface area contributed by atoms with Crippen molar-refractivity contribution in [2.75, 3.05) is 0 Å². The molecule has 94 valence electrons. The van der Waals surface area contributed by atoms with Crippen molar-refractivity contribution in [3.8, 4) is 6.07 Å². The zero-order chi connectivity index (χ0) is 13.3. The van der Waals surface area contributed by atoms with Crippen LogP contribution < -0.4 is 0 Å². The number of hydrogen-bond acceptors (Lipinski definition) is 2. The lowest BCUT2D eigenvalue weighted by Crippen LogP contribution is -2.28. The Hall–Kier alpha value is -2.11. The Bertz CT molecular complexity index is 602. The van der Waals surface area contributed by atoms with Gasteiger partial charge in [0.05, 0.1) is 17.6 Å². The van der Waals surface area contributed by atoms with Gasteiger partial charge in [0, 0.05) is 0 Å². The molecule has 0 saturated carbocycles. The molecule has 0 heterocycles. The van der Waals surface area contributed by atoms with Gasteiger partial charge in [-0.2, -0.15) is 5.26 Å². The molecule has 0 fully saturated rings. The lowest BCUT2D eigenvalue weighted by molar-refractivity contribution is 0.0693. The van der Waals surface area contributed by atoms with Crippen molar-refractivity contribution in [3.63, 3.8) is 0 Å². The van der Waals surface area contributed by atoms with Gasteiger partial charge >= 0.3 is 0 Å². The van der Waals surface area contributed by atoms with Crippen LogP contribution in [0, 0.1) is 16.7 Å². The number of aliphatic hydroxyl groups excluding tert-OH is 1. The average Bonchev–Trinajstić information content (AvgIpc) is 2.87. The lowest BCUT2D eigenvalue weighted by Gasteiger charge is -2.27. The van der Waals surface area contributed by atoms with Crippen LogP contribution in [0.4, 0.5) is 0 Å². The number of nitriles is 1. The van der Waals surface area contributed by atoms with E-state index in [4.69, 9.17) is 0 Å². The molecule has 1 aliphatic rings. The van der Waals surface area contributed by atoms with Gasteiger partial charge in [-0.3, -0.25) is 0 Å². The first-order valence-electron chi connectivity index (χ1n) is 6.46. The summed E-state index contributed by atoms with van der Waals surface area (Å²) in [6.07, 6.45) is 0.497. The highest BCUT2D eigenvalue weighted by Crippen LogP contribution is 2.45. The third-order valence-electron chi connectivity index (χ3n) is 3.99. The minimum Gasteiger partial charge on any atom is -0.387 e. The van der Waals surface area contributed by atoms with Crippen LogP contribution in [-0.4, -0.2) is 5.11 Å². The zero-order valence-electron chi connectivity index (χ0n) is 10.6. The van der Waals surface area contributed by atoms with E-state index in [1.807, 2.05) is 54.6 Å². The van der Waals surface area contributed by atoms with Crippen LogP contribution in [0.1, 0.15) is 22.8 Å². The van der Waals surface area contributed by atoms with Gasteiger partial charge in [0.25, 0.3) is 0 Å². The van der Waals surface area contributed by atoms with Gasteiger partial charge < -0.3 is 5.11 Å². The Balaban J connectivity index is 1.98. The monoisotopic (exact) mass is 249 g/mol. The van der Waals surface area contributed by atoms with Crippen molar-refractivity contribution in [2.24, 2.45) is 5.41 Å². The van der Waals surface area contributed by atoms with Crippen LogP contribution in [-0.2, 0) is 12.8 Å². The summed E-state index contributed by atoms with van der Waals surface area (Å²) in [5.74, 6) is 0. The molecule has 0 aliphatic heterocycles. The molecule has 1 N–H and O–H groups in total. The number of aliphatic hydroxyl groups is 1. The van der Waals surface area contributed by atoms with Crippen molar-refractivity contribution in [2.45, 2.75) is 18.9 Å². The summed E-state index contributed by atoms with van der Waals surface area (Å²) >= 11 is 0. The summed E-state index contributed by atoms with van der Waals surface area (Å²) in [6, 6.07) is 19.9. The fraction of sp³-hybridized carbons (Fsp3) is 0.235. The van der Waals surface area contributed by atoms with Crippen LogP contribution in [0.5, 0.6) is 0 Å². The summed E-state index contributed by atoms with van der Waals surface area (Å²) in [5, 5.41) is 20.2. The first-order chi connectivity index (χ1) is 9.25. The molecule has 2 heteroatoms. The van der Waals surface area contributed by atoms with Gasteiger partial charge in [0.2, 0.25) is 0 Å². The van der Waals surface area contributed by atoms with E-state index in [0.717, 1.165) is 5.56 Å². The highest BCUT2D eigenvalue weighted by atomic mass is 16.3. The highest BCUT2D eigenvalue weighted by Gasteiger charge is 2.44. The molecule has 1 unspecified atom stereocenters. The zero-order valence-corrected chi connectivity index (χ0v) is 10.6. The van der Waals surface area contributed by atoms with Crippen molar-refractivity contribution in [1.29, 1.82) is 5.26 Å². The van der Waals surface area contributed by atoms with Crippen molar-refractivity contribution in [1.82, 2.24) is 0 Å². The largest absolute Gasteiger partial charge is 0.387 e. The Morgan fingerprint density at radius 3 is 2.00 bits per heavy atom. The molecule has 3 rings (SSSR count). The normalized spacial score (nSPS) is 17.5. The molecule has 2 aromatic rings. The third kappa shape index (κ3) is 1.93. The van der Waals surface area contributed by atoms with Gasteiger partial charge in [-0.25, -0.2) is 0 Å². The van der Waals surface area contributed by atoms with Gasteiger partial charge in [0.1, 0.15) is 0 Å². The second kappa shape index (κ2) is 4.53.